The fourth-order valence-electron chi connectivity index (χ4n) is 10.9. The zero-order valence-electron chi connectivity index (χ0n) is 29.0. The summed E-state index contributed by atoms with van der Waals surface area (Å²) in [5, 5.41) is 13.8. The number of para-hydroxylation sites is 4. The van der Waals surface area contributed by atoms with E-state index in [1.54, 1.807) is 0 Å². The first-order valence-corrected chi connectivity index (χ1v) is 18.9. The van der Waals surface area contributed by atoms with Crippen molar-refractivity contribution in [3.63, 3.8) is 0 Å². The largest absolute Gasteiger partial charge is 0.456 e. The highest BCUT2D eigenvalue weighted by molar-refractivity contribution is 7.02. The maximum Gasteiger partial charge on any atom is 0.244 e. The van der Waals surface area contributed by atoms with E-state index in [4.69, 9.17) is 17.7 Å². The van der Waals surface area contributed by atoms with E-state index in [9.17, 15) is 0 Å². The second-order valence-corrected chi connectivity index (χ2v) is 15.4. The molecule has 250 valence electrons. The molecule has 55 heavy (non-hydrogen) atoms. The summed E-state index contributed by atoms with van der Waals surface area (Å²) in [7, 11) is 0. The number of fused-ring (bicyclic) bond motifs is 20. The Morgan fingerprint density at radius 3 is 1.07 bits per heavy atom. The van der Waals surface area contributed by atoms with Gasteiger partial charge < -0.3 is 17.7 Å². The smallest absolute Gasteiger partial charge is 0.244 e. The Hall–Kier alpha value is -7.24. The van der Waals surface area contributed by atoms with Crippen molar-refractivity contribution in [1.82, 2.24) is 0 Å². The summed E-state index contributed by atoms with van der Waals surface area (Å²) in [5.74, 6) is 0. The molecule has 0 saturated carbocycles. The number of benzene rings is 9. The first-order chi connectivity index (χ1) is 27.3. The number of furan rings is 4. The molecule has 0 fully saturated rings. The van der Waals surface area contributed by atoms with Gasteiger partial charge in [0.05, 0.1) is 0 Å². The molecule has 4 nitrogen and oxygen atoms in total. The van der Waals surface area contributed by atoms with Crippen molar-refractivity contribution in [2.75, 3.05) is 0 Å². The van der Waals surface area contributed by atoms with Crippen LogP contribution in [0, 0.1) is 0 Å². The van der Waals surface area contributed by atoms with Crippen molar-refractivity contribution >= 4 is 132 Å². The molecule has 0 bridgehead atoms. The van der Waals surface area contributed by atoms with Crippen molar-refractivity contribution in [3.05, 3.63) is 140 Å². The second-order valence-electron chi connectivity index (χ2n) is 15.4. The van der Waals surface area contributed by atoms with Gasteiger partial charge in [0.15, 0.2) is 0 Å². The molecule has 0 radical (unpaired) electrons. The van der Waals surface area contributed by atoms with E-state index in [1.165, 1.54) is 49.4 Å². The van der Waals surface area contributed by atoms with Gasteiger partial charge in [0.2, 0.25) is 6.71 Å². The molecular weight excluding hydrogens is 675 g/mol. The number of hydrogen-bond donors (Lipinski definition) is 0. The van der Waals surface area contributed by atoms with E-state index in [1.807, 2.05) is 0 Å². The molecule has 4 aromatic heterocycles. The van der Waals surface area contributed by atoms with E-state index in [-0.39, 0.29) is 6.71 Å². The van der Waals surface area contributed by atoms with Crippen LogP contribution in [0.5, 0.6) is 0 Å². The normalized spacial score (nSPS) is 13.4. The molecular formula is C50H23BO4. The fourth-order valence-corrected chi connectivity index (χ4v) is 10.9. The molecule has 5 heteroatoms. The highest BCUT2D eigenvalue weighted by atomic mass is 16.3. The van der Waals surface area contributed by atoms with Gasteiger partial charge in [-0.05, 0) is 81.2 Å². The van der Waals surface area contributed by atoms with Crippen LogP contribution in [0.4, 0.5) is 0 Å². The van der Waals surface area contributed by atoms with E-state index in [0.29, 0.717) is 0 Å². The first kappa shape index (κ1) is 27.4. The van der Waals surface area contributed by atoms with Crippen molar-refractivity contribution < 1.29 is 17.7 Å². The predicted octanol–water partition coefficient (Wildman–Crippen LogP) is 12.1. The molecule has 9 aromatic carbocycles. The highest BCUT2D eigenvalue weighted by Gasteiger charge is 2.42. The summed E-state index contributed by atoms with van der Waals surface area (Å²) in [6, 6.07) is 49.8. The van der Waals surface area contributed by atoms with Gasteiger partial charge in [-0.2, -0.15) is 0 Å². The van der Waals surface area contributed by atoms with E-state index >= 15 is 0 Å². The lowest BCUT2D eigenvalue weighted by Crippen LogP contribution is -2.57. The molecule has 13 aromatic rings. The molecule has 2 aliphatic heterocycles. The third-order valence-electron chi connectivity index (χ3n) is 12.8. The molecule has 0 atom stereocenters. The zero-order chi connectivity index (χ0) is 35.3. The molecule has 0 amide bonds. The molecule has 0 aliphatic carbocycles. The van der Waals surface area contributed by atoms with Crippen LogP contribution < -0.4 is 16.4 Å². The van der Waals surface area contributed by atoms with Crippen LogP contribution in [0.3, 0.4) is 0 Å². The molecule has 2 aliphatic rings. The molecule has 15 rings (SSSR count). The van der Waals surface area contributed by atoms with E-state index in [0.717, 1.165) is 98.5 Å². The summed E-state index contributed by atoms with van der Waals surface area (Å²) in [4.78, 5) is 0. The van der Waals surface area contributed by atoms with Crippen molar-refractivity contribution in [2.24, 2.45) is 0 Å². The number of hydrogen-bond acceptors (Lipinski definition) is 4. The Labute approximate surface area is 310 Å². The van der Waals surface area contributed by atoms with Gasteiger partial charge in [-0.15, -0.1) is 0 Å². The van der Waals surface area contributed by atoms with Crippen LogP contribution in [0.25, 0.3) is 132 Å². The molecule has 0 N–H and O–H groups in total. The van der Waals surface area contributed by atoms with Crippen molar-refractivity contribution in [3.8, 4) is 22.3 Å². The van der Waals surface area contributed by atoms with Gasteiger partial charge in [-0.3, -0.25) is 0 Å². The Morgan fingerprint density at radius 2 is 0.655 bits per heavy atom. The Morgan fingerprint density at radius 1 is 0.291 bits per heavy atom. The molecule has 0 spiro atoms. The van der Waals surface area contributed by atoms with Crippen molar-refractivity contribution in [1.29, 1.82) is 0 Å². The quantitative estimate of drug-likeness (QED) is 0.148. The maximum absolute atomic E-state index is 6.75. The summed E-state index contributed by atoms with van der Waals surface area (Å²) in [6.45, 7) is -0.0855. The van der Waals surface area contributed by atoms with Gasteiger partial charge in [0, 0.05) is 54.2 Å². The SMILES string of the molecule is c1cc2c3c(c1)-c1c4c(cc5oc6ccccc6c5c4cc4oc5ccccc5c14)B3c1cc3oc4ccccc4c3c3cc4oc5ccccc5c4c-2c13. The standard InChI is InChI=1S/C50H23BO4/c1-5-16-34-24(10-1)42-30-20-38-46(26-12-3-7-18-36(26)52-38)48-28-14-9-15-29-49-45-31(21-39-47(49)27-13-4-8-19-37(27)53-39)43-25-11-2-6-17-35(25)55-41(43)23-33(45)51(50(28)29)32(44(30)48)22-40(42)54-34/h1-23H. The van der Waals surface area contributed by atoms with Gasteiger partial charge in [0.1, 0.15) is 44.7 Å². The average Bonchev–Trinajstić information content (AvgIpc) is 3.99. The van der Waals surface area contributed by atoms with Gasteiger partial charge in [-0.1, -0.05) is 107 Å². The van der Waals surface area contributed by atoms with Crippen molar-refractivity contribution in [2.45, 2.75) is 0 Å². The van der Waals surface area contributed by atoms with Crippen LogP contribution in [0.15, 0.2) is 157 Å². The zero-order valence-corrected chi connectivity index (χ0v) is 29.0. The van der Waals surface area contributed by atoms with E-state index < -0.39 is 0 Å². The first-order valence-electron chi connectivity index (χ1n) is 18.9. The topological polar surface area (TPSA) is 52.6 Å². The minimum Gasteiger partial charge on any atom is -0.456 e. The van der Waals surface area contributed by atoms with Crippen LogP contribution in [-0.2, 0) is 0 Å². The van der Waals surface area contributed by atoms with Crippen LogP contribution in [0.1, 0.15) is 0 Å². The summed E-state index contributed by atoms with van der Waals surface area (Å²) >= 11 is 0. The second kappa shape index (κ2) is 9.10. The van der Waals surface area contributed by atoms with Crippen LogP contribution in [0.2, 0.25) is 0 Å². The summed E-state index contributed by atoms with van der Waals surface area (Å²) in [5.41, 5.74) is 15.8. The molecule has 6 heterocycles. The Balaban J connectivity index is 1.24. The lowest BCUT2D eigenvalue weighted by molar-refractivity contribution is 0.668. The van der Waals surface area contributed by atoms with Crippen LogP contribution in [-0.4, -0.2) is 6.71 Å². The Kier molecular flexibility index (Phi) is 4.53. The minimum absolute atomic E-state index is 0.0855. The minimum atomic E-state index is -0.0855. The monoisotopic (exact) mass is 698 g/mol. The average molecular weight is 699 g/mol. The van der Waals surface area contributed by atoms with E-state index in [2.05, 4.69) is 140 Å². The maximum atomic E-state index is 6.75. The fraction of sp³-hybridized carbons (Fsp3) is 0. The predicted molar refractivity (Wildman–Crippen MR) is 226 cm³/mol. The lowest BCUT2D eigenvalue weighted by Gasteiger charge is -2.34. The van der Waals surface area contributed by atoms with Gasteiger partial charge in [-0.25, -0.2) is 0 Å². The molecule has 0 unspecified atom stereocenters. The third kappa shape index (κ3) is 3.07. The lowest BCUT2D eigenvalue weighted by atomic mass is 9.31. The van der Waals surface area contributed by atoms with Crippen LogP contribution >= 0.6 is 0 Å². The molecule has 0 saturated heterocycles. The number of rotatable bonds is 0. The summed E-state index contributed by atoms with van der Waals surface area (Å²) in [6.07, 6.45) is 0. The summed E-state index contributed by atoms with van der Waals surface area (Å²) < 4.78 is 27.0. The highest BCUT2D eigenvalue weighted by Crippen LogP contribution is 2.51. The van der Waals surface area contributed by atoms with Gasteiger partial charge >= 0.3 is 0 Å². The third-order valence-corrected chi connectivity index (χ3v) is 12.8. The van der Waals surface area contributed by atoms with Gasteiger partial charge in [0.25, 0.3) is 0 Å². The Bertz CT molecular complexity index is 3710.